The maximum absolute atomic E-state index is 13.1. The molecule has 0 atom stereocenters. The molecular formula is C16H10FNO. The lowest BCUT2D eigenvalue weighted by molar-refractivity contribution is 0.112. The number of aromatic nitrogens is 1. The van der Waals surface area contributed by atoms with Crippen molar-refractivity contribution in [1.29, 1.82) is 0 Å². The van der Waals surface area contributed by atoms with Crippen LogP contribution >= 0.6 is 0 Å². The highest BCUT2D eigenvalue weighted by Gasteiger charge is 2.06. The molecule has 3 rings (SSSR count). The second-order valence-corrected chi connectivity index (χ2v) is 4.26. The van der Waals surface area contributed by atoms with Gasteiger partial charge in [0.05, 0.1) is 5.52 Å². The van der Waals surface area contributed by atoms with Gasteiger partial charge in [0.25, 0.3) is 0 Å². The van der Waals surface area contributed by atoms with Crippen molar-refractivity contribution >= 4 is 17.2 Å². The van der Waals surface area contributed by atoms with E-state index in [0.29, 0.717) is 11.8 Å². The van der Waals surface area contributed by atoms with Gasteiger partial charge in [-0.05, 0) is 41.5 Å². The SMILES string of the molecule is O=Cc1cc(F)ccc1-c1ccc2ncccc2c1. The van der Waals surface area contributed by atoms with Crippen LogP contribution in [-0.4, -0.2) is 11.3 Å². The summed E-state index contributed by atoms with van der Waals surface area (Å²) in [5.41, 5.74) is 2.84. The summed E-state index contributed by atoms with van der Waals surface area (Å²) in [5, 5.41) is 0.987. The Hall–Kier alpha value is -2.55. The van der Waals surface area contributed by atoms with Crippen LogP contribution in [0.15, 0.2) is 54.7 Å². The number of benzene rings is 2. The van der Waals surface area contributed by atoms with Crippen LogP contribution in [0, 0.1) is 5.82 Å². The maximum Gasteiger partial charge on any atom is 0.150 e. The molecule has 0 saturated heterocycles. The Bertz CT molecular complexity index is 768. The van der Waals surface area contributed by atoms with E-state index in [2.05, 4.69) is 4.98 Å². The van der Waals surface area contributed by atoms with E-state index < -0.39 is 5.82 Å². The first-order valence-electron chi connectivity index (χ1n) is 5.88. The maximum atomic E-state index is 13.1. The summed E-state index contributed by atoms with van der Waals surface area (Å²) in [4.78, 5) is 15.3. The van der Waals surface area contributed by atoms with Crippen LogP contribution in [0.5, 0.6) is 0 Å². The molecule has 3 heteroatoms. The average molecular weight is 251 g/mol. The molecule has 2 nitrogen and oxygen atoms in total. The zero-order valence-electron chi connectivity index (χ0n) is 10.0. The predicted molar refractivity (Wildman–Crippen MR) is 72.5 cm³/mol. The molecule has 0 aliphatic heterocycles. The summed E-state index contributed by atoms with van der Waals surface area (Å²) < 4.78 is 13.1. The third kappa shape index (κ3) is 2.10. The Morgan fingerprint density at radius 3 is 2.79 bits per heavy atom. The highest BCUT2D eigenvalue weighted by Crippen LogP contribution is 2.26. The summed E-state index contributed by atoms with van der Waals surface area (Å²) in [6.45, 7) is 0. The largest absolute Gasteiger partial charge is 0.298 e. The summed E-state index contributed by atoms with van der Waals surface area (Å²) in [5.74, 6) is -0.409. The van der Waals surface area contributed by atoms with Crippen LogP contribution in [-0.2, 0) is 0 Å². The molecule has 0 unspecified atom stereocenters. The molecule has 1 aromatic heterocycles. The summed E-state index contributed by atoms with van der Waals surface area (Å²) in [7, 11) is 0. The number of aldehydes is 1. The number of carbonyl (C=O) groups excluding carboxylic acids is 1. The van der Waals surface area contributed by atoms with Crippen molar-refractivity contribution in [3.05, 3.63) is 66.1 Å². The number of fused-ring (bicyclic) bond motifs is 1. The molecule has 0 bridgehead atoms. The second kappa shape index (κ2) is 4.61. The van der Waals surface area contributed by atoms with Crippen LogP contribution in [0.25, 0.3) is 22.0 Å². The first-order chi connectivity index (χ1) is 9.28. The average Bonchev–Trinajstić information content (AvgIpc) is 2.46. The summed E-state index contributed by atoms with van der Waals surface area (Å²) in [6, 6.07) is 13.8. The molecule has 0 aliphatic carbocycles. The lowest BCUT2D eigenvalue weighted by atomic mass is 9.99. The first kappa shape index (κ1) is 11.5. The van der Waals surface area contributed by atoms with E-state index in [1.54, 1.807) is 12.3 Å². The zero-order valence-corrected chi connectivity index (χ0v) is 10.0. The normalized spacial score (nSPS) is 10.6. The van der Waals surface area contributed by atoms with Crippen LogP contribution in [0.4, 0.5) is 4.39 Å². The zero-order chi connectivity index (χ0) is 13.2. The molecule has 0 fully saturated rings. The number of rotatable bonds is 2. The fourth-order valence-electron chi connectivity index (χ4n) is 2.14. The summed E-state index contributed by atoms with van der Waals surface area (Å²) >= 11 is 0. The highest BCUT2D eigenvalue weighted by atomic mass is 19.1. The molecule has 0 amide bonds. The van der Waals surface area contributed by atoms with E-state index in [-0.39, 0.29) is 0 Å². The molecule has 0 saturated carbocycles. The third-order valence-electron chi connectivity index (χ3n) is 3.05. The molecule has 2 aromatic carbocycles. The first-order valence-corrected chi connectivity index (χ1v) is 5.88. The Balaban J connectivity index is 2.21. The van der Waals surface area contributed by atoms with E-state index in [1.807, 2.05) is 30.3 Å². The Labute approximate surface area is 109 Å². The molecule has 1 heterocycles. The summed E-state index contributed by atoms with van der Waals surface area (Å²) in [6.07, 6.45) is 2.41. The molecule has 19 heavy (non-hydrogen) atoms. The van der Waals surface area contributed by atoms with E-state index in [0.717, 1.165) is 22.0 Å². The number of halogens is 1. The molecule has 0 radical (unpaired) electrons. The van der Waals surface area contributed by atoms with Gasteiger partial charge in [0.2, 0.25) is 0 Å². The van der Waals surface area contributed by atoms with Gasteiger partial charge >= 0.3 is 0 Å². The van der Waals surface area contributed by atoms with E-state index in [4.69, 9.17) is 0 Å². The van der Waals surface area contributed by atoms with Gasteiger partial charge in [0.1, 0.15) is 5.82 Å². The van der Waals surface area contributed by atoms with E-state index in [9.17, 15) is 9.18 Å². The van der Waals surface area contributed by atoms with Crippen molar-refractivity contribution in [3.63, 3.8) is 0 Å². The third-order valence-corrected chi connectivity index (χ3v) is 3.05. The number of hydrogen-bond acceptors (Lipinski definition) is 2. The Morgan fingerprint density at radius 1 is 1.05 bits per heavy atom. The molecule has 0 spiro atoms. The van der Waals surface area contributed by atoms with Crippen LogP contribution in [0.2, 0.25) is 0 Å². The van der Waals surface area contributed by atoms with Crippen LogP contribution in [0.3, 0.4) is 0 Å². The van der Waals surface area contributed by atoms with E-state index >= 15 is 0 Å². The molecular weight excluding hydrogens is 241 g/mol. The van der Waals surface area contributed by atoms with Crippen molar-refractivity contribution in [2.24, 2.45) is 0 Å². The molecule has 92 valence electrons. The van der Waals surface area contributed by atoms with Gasteiger partial charge in [0.15, 0.2) is 6.29 Å². The van der Waals surface area contributed by atoms with Crippen LogP contribution < -0.4 is 0 Å². The van der Waals surface area contributed by atoms with Gasteiger partial charge < -0.3 is 0 Å². The van der Waals surface area contributed by atoms with Crippen molar-refractivity contribution in [2.75, 3.05) is 0 Å². The quantitative estimate of drug-likeness (QED) is 0.647. The Morgan fingerprint density at radius 2 is 1.95 bits per heavy atom. The fourth-order valence-corrected chi connectivity index (χ4v) is 2.14. The second-order valence-electron chi connectivity index (χ2n) is 4.26. The van der Waals surface area contributed by atoms with Gasteiger partial charge in [-0.15, -0.1) is 0 Å². The monoisotopic (exact) mass is 251 g/mol. The van der Waals surface area contributed by atoms with Crippen molar-refractivity contribution in [1.82, 2.24) is 4.98 Å². The minimum absolute atomic E-state index is 0.350. The van der Waals surface area contributed by atoms with Gasteiger partial charge in [-0.1, -0.05) is 18.2 Å². The smallest absolute Gasteiger partial charge is 0.150 e. The van der Waals surface area contributed by atoms with Gasteiger partial charge in [0, 0.05) is 17.1 Å². The molecule has 0 aliphatic rings. The lowest BCUT2D eigenvalue weighted by Gasteiger charge is -2.06. The van der Waals surface area contributed by atoms with Crippen molar-refractivity contribution < 1.29 is 9.18 Å². The lowest BCUT2D eigenvalue weighted by Crippen LogP contribution is -1.89. The topological polar surface area (TPSA) is 30.0 Å². The van der Waals surface area contributed by atoms with Gasteiger partial charge in [-0.25, -0.2) is 4.39 Å². The van der Waals surface area contributed by atoms with Crippen molar-refractivity contribution in [2.45, 2.75) is 0 Å². The number of pyridine rings is 1. The standard InChI is InChI=1S/C16H10FNO/c17-14-4-5-15(13(9-14)10-19)11-3-6-16-12(8-11)2-1-7-18-16/h1-10H. The Kier molecular flexibility index (Phi) is 2.80. The molecule has 3 aromatic rings. The van der Waals surface area contributed by atoms with E-state index in [1.165, 1.54) is 12.1 Å². The van der Waals surface area contributed by atoms with Crippen LogP contribution in [0.1, 0.15) is 10.4 Å². The number of nitrogens with zero attached hydrogens (tertiary/aromatic N) is 1. The number of hydrogen-bond donors (Lipinski definition) is 0. The molecule has 0 N–H and O–H groups in total. The highest BCUT2D eigenvalue weighted by molar-refractivity contribution is 5.91. The van der Waals surface area contributed by atoms with Gasteiger partial charge in [-0.2, -0.15) is 0 Å². The minimum Gasteiger partial charge on any atom is -0.298 e. The minimum atomic E-state index is -0.409. The predicted octanol–water partition coefficient (Wildman–Crippen LogP) is 3.85. The van der Waals surface area contributed by atoms with Gasteiger partial charge in [-0.3, -0.25) is 9.78 Å². The van der Waals surface area contributed by atoms with Crippen molar-refractivity contribution in [3.8, 4) is 11.1 Å². The fraction of sp³-hybridized carbons (Fsp3) is 0. The number of carbonyl (C=O) groups is 1.